The minimum absolute atomic E-state index is 0.109. The number of benzene rings is 2. The van der Waals surface area contributed by atoms with Crippen molar-refractivity contribution in [1.82, 2.24) is 0 Å². The number of carbonyl (C=O) groups excluding carboxylic acids is 3. The molecule has 0 saturated carbocycles. The molecule has 182 valence electrons. The van der Waals surface area contributed by atoms with E-state index in [1.165, 1.54) is 11.8 Å². The lowest BCUT2D eigenvalue weighted by Crippen LogP contribution is -2.24. The number of anilines is 2. The highest BCUT2D eigenvalue weighted by molar-refractivity contribution is 8.00. The molecule has 0 bridgehead atoms. The highest BCUT2D eigenvalue weighted by Crippen LogP contribution is 2.28. The molecule has 2 aromatic carbocycles. The number of amides is 2. The average Bonchev–Trinajstić information content (AvgIpc) is 2.82. The fraction of sp³-hybridized carbons (Fsp3) is 0.360. The van der Waals surface area contributed by atoms with Crippen LogP contribution in [0.5, 0.6) is 0 Å². The average molecular weight is 487 g/mol. The van der Waals surface area contributed by atoms with Gasteiger partial charge in [-0.05, 0) is 55.3 Å². The van der Waals surface area contributed by atoms with Crippen LogP contribution < -0.4 is 10.6 Å². The van der Waals surface area contributed by atoms with Crippen LogP contribution in [0.2, 0.25) is 0 Å². The Labute approximate surface area is 203 Å². The van der Waals surface area contributed by atoms with Gasteiger partial charge in [-0.1, -0.05) is 26.3 Å². The minimum Gasteiger partial charge on any atom is -0.481 e. The van der Waals surface area contributed by atoms with Crippen molar-refractivity contribution >= 4 is 46.9 Å². The van der Waals surface area contributed by atoms with Crippen LogP contribution >= 0.6 is 11.8 Å². The molecule has 2 aromatic rings. The van der Waals surface area contributed by atoms with Gasteiger partial charge in [0.05, 0.1) is 23.8 Å². The molecule has 0 aliphatic carbocycles. The van der Waals surface area contributed by atoms with E-state index in [4.69, 9.17) is 9.84 Å². The summed E-state index contributed by atoms with van der Waals surface area (Å²) in [5.41, 5.74) is 1.54. The first-order valence-corrected chi connectivity index (χ1v) is 12.1. The standard InChI is InChI=1S/C25H30N2O6S/c1-3-5-15-33-25(32)17-9-11-18(12-10-17)27-24(31)21(4-2)34-20-8-6-7-19(16-20)26-22(28)13-14-23(29)30/h6-12,16,21H,3-5,13-15H2,1-2H3,(H,26,28)(H,27,31)(H,29,30). The number of unbranched alkanes of at least 4 members (excludes halogenated alkanes) is 1. The molecule has 0 saturated heterocycles. The molecule has 2 amide bonds. The van der Waals surface area contributed by atoms with Crippen LogP contribution in [-0.2, 0) is 19.1 Å². The summed E-state index contributed by atoms with van der Waals surface area (Å²) < 4.78 is 5.19. The van der Waals surface area contributed by atoms with Crippen molar-refractivity contribution < 1.29 is 29.0 Å². The zero-order valence-electron chi connectivity index (χ0n) is 19.3. The Morgan fingerprint density at radius 2 is 1.71 bits per heavy atom. The lowest BCUT2D eigenvalue weighted by atomic mass is 10.2. The fourth-order valence-corrected chi connectivity index (χ4v) is 3.90. The Balaban J connectivity index is 1.94. The van der Waals surface area contributed by atoms with E-state index < -0.39 is 5.97 Å². The molecule has 8 nitrogen and oxygen atoms in total. The number of esters is 1. The van der Waals surface area contributed by atoms with E-state index in [1.54, 1.807) is 42.5 Å². The maximum atomic E-state index is 12.8. The monoisotopic (exact) mass is 486 g/mol. The van der Waals surface area contributed by atoms with Crippen LogP contribution in [0.25, 0.3) is 0 Å². The Morgan fingerprint density at radius 1 is 0.971 bits per heavy atom. The Kier molecular flexibility index (Phi) is 11.1. The van der Waals surface area contributed by atoms with Gasteiger partial charge in [-0.2, -0.15) is 0 Å². The quantitative estimate of drug-likeness (QED) is 0.208. The van der Waals surface area contributed by atoms with Crippen LogP contribution in [0.1, 0.15) is 56.3 Å². The number of carboxylic acids is 1. The van der Waals surface area contributed by atoms with E-state index in [9.17, 15) is 19.2 Å². The first-order valence-electron chi connectivity index (χ1n) is 11.2. The number of ether oxygens (including phenoxy) is 1. The van der Waals surface area contributed by atoms with Crippen LogP contribution in [0.3, 0.4) is 0 Å². The SMILES string of the molecule is CCCCOC(=O)c1ccc(NC(=O)C(CC)Sc2cccc(NC(=O)CCC(=O)O)c2)cc1. The number of carboxylic acid groups (broad SMARTS) is 1. The summed E-state index contributed by atoms with van der Waals surface area (Å²) in [6.07, 6.45) is 1.99. The Bertz CT molecular complexity index is 993. The molecular formula is C25H30N2O6S. The van der Waals surface area contributed by atoms with Gasteiger partial charge in [-0.3, -0.25) is 14.4 Å². The van der Waals surface area contributed by atoms with Gasteiger partial charge in [0.25, 0.3) is 0 Å². The zero-order chi connectivity index (χ0) is 24.9. The summed E-state index contributed by atoms with van der Waals surface area (Å²) in [6.45, 7) is 4.31. The minimum atomic E-state index is -1.03. The van der Waals surface area contributed by atoms with Gasteiger partial charge in [-0.15, -0.1) is 11.8 Å². The molecule has 9 heteroatoms. The molecule has 34 heavy (non-hydrogen) atoms. The molecule has 0 fully saturated rings. The van der Waals surface area contributed by atoms with Crippen molar-refractivity contribution in [2.75, 3.05) is 17.2 Å². The number of thioether (sulfide) groups is 1. The van der Waals surface area contributed by atoms with Gasteiger partial charge in [0.1, 0.15) is 0 Å². The third-order valence-corrected chi connectivity index (χ3v) is 6.10. The smallest absolute Gasteiger partial charge is 0.338 e. The summed E-state index contributed by atoms with van der Waals surface area (Å²) >= 11 is 1.36. The van der Waals surface area contributed by atoms with E-state index >= 15 is 0 Å². The van der Waals surface area contributed by atoms with Crippen molar-refractivity contribution in [1.29, 1.82) is 0 Å². The van der Waals surface area contributed by atoms with Crippen LogP contribution in [0.15, 0.2) is 53.4 Å². The van der Waals surface area contributed by atoms with Gasteiger partial charge in [0.15, 0.2) is 0 Å². The zero-order valence-corrected chi connectivity index (χ0v) is 20.2. The first kappa shape index (κ1) is 26.9. The first-order chi connectivity index (χ1) is 16.3. The van der Waals surface area contributed by atoms with Gasteiger partial charge in [0.2, 0.25) is 11.8 Å². The number of aliphatic carboxylic acids is 1. The molecule has 1 atom stereocenters. The van der Waals surface area contributed by atoms with Gasteiger partial charge in [-0.25, -0.2) is 4.79 Å². The molecule has 0 spiro atoms. The van der Waals surface area contributed by atoms with Crippen molar-refractivity contribution in [3.8, 4) is 0 Å². The lowest BCUT2D eigenvalue weighted by molar-refractivity contribution is -0.138. The Hall–Kier alpha value is -3.33. The normalized spacial score (nSPS) is 11.4. The molecule has 0 radical (unpaired) electrons. The highest BCUT2D eigenvalue weighted by atomic mass is 32.2. The van der Waals surface area contributed by atoms with Crippen molar-refractivity contribution in [3.63, 3.8) is 0 Å². The van der Waals surface area contributed by atoms with Crippen molar-refractivity contribution in [3.05, 3.63) is 54.1 Å². The predicted octanol–water partition coefficient (Wildman–Crippen LogP) is 4.96. The molecule has 0 aliphatic heterocycles. The molecule has 2 rings (SSSR count). The maximum Gasteiger partial charge on any atom is 0.338 e. The fourth-order valence-electron chi connectivity index (χ4n) is 2.88. The second-order valence-electron chi connectivity index (χ2n) is 7.54. The van der Waals surface area contributed by atoms with Gasteiger partial charge < -0.3 is 20.5 Å². The van der Waals surface area contributed by atoms with Crippen LogP contribution in [-0.4, -0.2) is 40.7 Å². The summed E-state index contributed by atoms with van der Waals surface area (Å²) in [5, 5.41) is 13.9. The second-order valence-corrected chi connectivity index (χ2v) is 8.82. The number of hydrogen-bond donors (Lipinski definition) is 3. The summed E-state index contributed by atoms with van der Waals surface area (Å²) in [6, 6.07) is 13.6. The van der Waals surface area contributed by atoms with Crippen molar-refractivity contribution in [2.45, 2.75) is 56.1 Å². The Morgan fingerprint density at radius 3 is 2.35 bits per heavy atom. The highest BCUT2D eigenvalue weighted by Gasteiger charge is 2.19. The third-order valence-electron chi connectivity index (χ3n) is 4.74. The largest absolute Gasteiger partial charge is 0.481 e. The summed E-state index contributed by atoms with van der Waals surface area (Å²) in [5.74, 6) is -1.98. The van der Waals surface area contributed by atoms with E-state index in [0.717, 1.165) is 17.7 Å². The van der Waals surface area contributed by atoms with E-state index in [2.05, 4.69) is 10.6 Å². The third kappa shape index (κ3) is 9.27. The maximum absolute atomic E-state index is 12.8. The molecular weight excluding hydrogens is 456 g/mol. The number of rotatable bonds is 13. The van der Waals surface area contributed by atoms with E-state index in [-0.39, 0.29) is 35.9 Å². The van der Waals surface area contributed by atoms with Gasteiger partial charge in [0, 0.05) is 22.7 Å². The summed E-state index contributed by atoms with van der Waals surface area (Å²) in [4.78, 5) is 48.1. The number of hydrogen-bond acceptors (Lipinski definition) is 6. The van der Waals surface area contributed by atoms with Gasteiger partial charge >= 0.3 is 11.9 Å². The molecule has 3 N–H and O–H groups in total. The summed E-state index contributed by atoms with van der Waals surface area (Å²) in [7, 11) is 0. The second kappa shape index (κ2) is 14.0. The van der Waals surface area contributed by atoms with E-state index in [0.29, 0.717) is 30.0 Å². The van der Waals surface area contributed by atoms with E-state index in [1.807, 2.05) is 19.9 Å². The van der Waals surface area contributed by atoms with Crippen LogP contribution in [0.4, 0.5) is 11.4 Å². The topological polar surface area (TPSA) is 122 Å². The van der Waals surface area contributed by atoms with Crippen molar-refractivity contribution in [2.24, 2.45) is 0 Å². The predicted molar refractivity (Wildman–Crippen MR) is 132 cm³/mol. The molecule has 0 aliphatic rings. The van der Waals surface area contributed by atoms with Crippen LogP contribution in [0, 0.1) is 0 Å². The number of nitrogens with one attached hydrogen (secondary N) is 2. The molecule has 0 aromatic heterocycles. The number of carbonyl (C=O) groups is 4. The molecule has 0 heterocycles. The molecule has 1 unspecified atom stereocenters. The lowest BCUT2D eigenvalue weighted by Gasteiger charge is -2.16.